The Morgan fingerprint density at radius 2 is 1.52 bits per heavy atom. The van der Waals surface area contributed by atoms with Crippen LogP contribution in [-0.2, 0) is 48.4 Å². The first-order chi connectivity index (χ1) is 28.1. The maximum absolute atomic E-state index is 13.2. The molecule has 0 bridgehead atoms. The number of carbonyl (C=O) groups excluding carboxylic acids is 4. The Kier molecular flexibility index (Phi) is 13.0. The molecule has 3 N–H and O–H groups in total. The summed E-state index contributed by atoms with van der Waals surface area (Å²) in [5, 5.41) is 15.0. The predicted octanol–water partition coefficient (Wildman–Crippen LogP) is 7.94. The van der Waals surface area contributed by atoms with Crippen LogP contribution in [0.3, 0.4) is 0 Å². The van der Waals surface area contributed by atoms with Crippen molar-refractivity contribution in [1.82, 2.24) is 10.2 Å². The van der Waals surface area contributed by atoms with E-state index >= 15 is 0 Å². The molecule has 5 aromatic carbocycles. The van der Waals surface area contributed by atoms with E-state index in [-0.39, 0.29) is 56.1 Å². The number of imide groups is 1. The van der Waals surface area contributed by atoms with Crippen LogP contribution in [0.2, 0.25) is 0 Å². The second kappa shape index (κ2) is 18.6. The van der Waals surface area contributed by atoms with Gasteiger partial charge >= 0.3 is 6.09 Å². The van der Waals surface area contributed by atoms with Crippen molar-refractivity contribution in [3.05, 3.63) is 155 Å². The standard InChI is InChI=1S/C46H45N3O8S/c1-29-41(28-58-39-21-19-38(20-22-39)47-30(2)51)56-45(57-43(29)35-13-11-31(26-50)12-14-35)36-17-15-34(16-18-36)37-10-6-9-33(23-37)25-49-42(52)24-40(44(49)53)48-46(54)55-27-32-7-4-3-5-8-32/h3-23,29,40-41,43,45,50H,24-28H2,1-2H3,(H,47,51)(H,48,54)/t29-,40?,41+,43+,45+/m0/s1. The molecule has 2 aliphatic heterocycles. The lowest BCUT2D eigenvalue weighted by molar-refractivity contribution is -0.268. The van der Waals surface area contributed by atoms with Crippen molar-refractivity contribution in [3.8, 4) is 11.1 Å². The lowest BCUT2D eigenvalue weighted by Gasteiger charge is -2.41. The summed E-state index contributed by atoms with van der Waals surface area (Å²) in [5.74, 6) is -0.272. The van der Waals surface area contributed by atoms with Gasteiger partial charge in [-0.25, -0.2) is 4.79 Å². The number of thioether (sulfide) groups is 1. The van der Waals surface area contributed by atoms with E-state index in [1.54, 1.807) is 11.8 Å². The fourth-order valence-electron chi connectivity index (χ4n) is 7.06. The van der Waals surface area contributed by atoms with Crippen LogP contribution in [0.15, 0.2) is 132 Å². The number of amides is 4. The van der Waals surface area contributed by atoms with E-state index in [1.165, 1.54) is 11.8 Å². The number of alkyl carbamates (subject to hydrolysis) is 1. The normalized spacial score (nSPS) is 20.5. The zero-order valence-corrected chi connectivity index (χ0v) is 33.0. The monoisotopic (exact) mass is 799 g/mol. The average molecular weight is 800 g/mol. The Hall–Kier alpha value is -5.79. The summed E-state index contributed by atoms with van der Waals surface area (Å²) in [6.07, 6.45) is -1.96. The molecule has 2 aliphatic rings. The molecule has 1 unspecified atom stereocenters. The fourth-order valence-corrected chi connectivity index (χ4v) is 8.13. The molecule has 2 saturated heterocycles. The van der Waals surface area contributed by atoms with Crippen LogP contribution in [0.4, 0.5) is 10.5 Å². The Balaban J connectivity index is 1.01. The SMILES string of the molecule is CC(=O)Nc1ccc(SC[C@H]2O[C@@H](c3ccc(-c4cccc(CN5C(=O)CC(NC(=O)OCc6ccccc6)C5=O)c4)cc3)O[C@@H](c3ccc(CO)cc3)[C@H]2C)cc1. The van der Waals surface area contributed by atoms with E-state index < -0.39 is 24.3 Å². The first-order valence-corrected chi connectivity index (χ1v) is 20.1. The van der Waals surface area contributed by atoms with E-state index in [0.717, 1.165) is 49.5 Å². The van der Waals surface area contributed by atoms with Crippen molar-refractivity contribution >= 4 is 41.3 Å². The zero-order valence-electron chi connectivity index (χ0n) is 32.2. The summed E-state index contributed by atoms with van der Waals surface area (Å²) >= 11 is 1.68. The van der Waals surface area contributed by atoms with Crippen molar-refractivity contribution < 1.29 is 38.5 Å². The van der Waals surface area contributed by atoms with Crippen molar-refractivity contribution in [1.29, 1.82) is 0 Å². The van der Waals surface area contributed by atoms with Gasteiger partial charge in [-0.1, -0.05) is 104 Å². The third-order valence-corrected chi connectivity index (χ3v) is 11.3. The summed E-state index contributed by atoms with van der Waals surface area (Å²) in [5.41, 5.74) is 6.84. The van der Waals surface area contributed by atoms with Crippen LogP contribution in [0.5, 0.6) is 0 Å². The van der Waals surface area contributed by atoms with Gasteiger partial charge in [-0.15, -0.1) is 11.8 Å². The molecule has 11 nitrogen and oxygen atoms in total. The Labute approximate surface area is 341 Å². The van der Waals surface area contributed by atoms with Crippen LogP contribution in [0.25, 0.3) is 11.1 Å². The van der Waals surface area contributed by atoms with Crippen molar-refractivity contribution in [2.24, 2.45) is 5.92 Å². The van der Waals surface area contributed by atoms with Gasteiger partial charge in [0.1, 0.15) is 12.6 Å². The highest BCUT2D eigenvalue weighted by atomic mass is 32.2. The third-order valence-electron chi connectivity index (χ3n) is 10.2. The van der Waals surface area contributed by atoms with Gasteiger partial charge in [-0.2, -0.15) is 0 Å². The number of hydrogen-bond donors (Lipinski definition) is 3. The van der Waals surface area contributed by atoms with Crippen LogP contribution in [-0.4, -0.2) is 51.7 Å². The first-order valence-electron chi connectivity index (χ1n) is 19.2. The van der Waals surface area contributed by atoms with Crippen LogP contribution < -0.4 is 10.6 Å². The highest BCUT2D eigenvalue weighted by molar-refractivity contribution is 7.99. The third kappa shape index (κ3) is 10.0. The molecule has 0 spiro atoms. The van der Waals surface area contributed by atoms with Crippen LogP contribution in [0, 0.1) is 5.92 Å². The van der Waals surface area contributed by atoms with E-state index in [0.29, 0.717) is 5.75 Å². The highest BCUT2D eigenvalue weighted by Gasteiger charge is 2.40. The second-order valence-electron chi connectivity index (χ2n) is 14.4. The fraction of sp³-hybridized carbons (Fsp3) is 0.261. The topological polar surface area (TPSA) is 144 Å². The number of nitrogens with one attached hydrogen (secondary N) is 2. The zero-order chi connectivity index (χ0) is 40.6. The Bertz CT molecular complexity index is 2220. The Morgan fingerprint density at radius 1 is 0.810 bits per heavy atom. The van der Waals surface area contributed by atoms with Gasteiger partial charge in [0, 0.05) is 34.7 Å². The van der Waals surface area contributed by atoms with Gasteiger partial charge in [-0.05, 0) is 63.7 Å². The number of aliphatic hydroxyl groups is 1. The van der Waals surface area contributed by atoms with Crippen molar-refractivity contribution in [2.75, 3.05) is 11.1 Å². The molecule has 2 heterocycles. The van der Waals surface area contributed by atoms with Gasteiger partial charge in [0.25, 0.3) is 5.91 Å². The molecule has 298 valence electrons. The molecule has 12 heteroatoms. The minimum Gasteiger partial charge on any atom is -0.445 e. The number of aliphatic hydroxyl groups excluding tert-OH is 1. The largest absolute Gasteiger partial charge is 0.445 e. The van der Waals surface area contributed by atoms with E-state index in [1.807, 2.05) is 127 Å². The van der Waals surface area contributed by atoms with E-state index in [2.05, 4.69) is 17.6 Å². The summed E-state index contributed by atoms with van der Waals surface area (Å²) in [6.45, 7) is 3.70. The minimum absolute atomic E-state index is 0.0123. The molecule has 7 rings (SSSR count). The lowest BCUT2D eigenvalue weighted by Crippen LogP contribution is -2.41. The highest BCUT2D eigenvalue weighted by Crippen LogP contribution is 2.43. The number of anilines is 1. The molecule has 4 amide bonds. The Morgan fingerprint density at radius 3 is 2.22 bits per heavy atom. The molecule has 2 fully saturated rings. The van der Waals surface area contributed by atoms with Gasteiger partial charge in [0.2, 0.25) is 11.8 Å². The van der Waals surface area contributed by atoms with Crippen LogP contribution in [0.1, 0.15) is 60.5 Å². The molecule has 5 aromatic rings. The quantitative estimate of drug-likeness (QED) is 0.0799. The number of nitrogens with zero attached hydrogens (tertiary/aromatic N) is 1. The molecule has 5 atom stereocenters. The van der Waals surface area contributed by atoms with Gasteiger partial charge in [0.15, 0.2) is 6.29 Å². The van der Waals surface area contributed by atoms with E-state index in [4.69, 9.17) is 14.2 Å². The van der Waals surface area contributed by atoms with Gasteiger partial charge in [-0.3, -0.25) is 19.3 Å². The number of rotatable bonds is 13. The van der Waals surface area contributed by atoms with Crippen molar-refractivity contribution in [2.45, 2.75) is 69.5 Å². The number of ether oxygens (including phenoxy) is 3. The molecular formula is C46H45N3O8S. The van der Waals surface area contributed by atoms with Crippen molar-refractivity contribution in [3.63, 3.8) is 0 Å². The number of hydrogen-bond acceptors (Lipinski definition) is 9. The molecule has 0 aromatic heterocycles. The first kappa shape index (κ1) is 40.4. The summed E-state index contributed by atoms with van der Waals surface area (Å²) < 4.78 is 18.6. The summed E-state index contributed by atoms with van der Waals surface area (Å²) in [4.78, 5) is 52.2. The maximum atomic E-state index is 13.2. The number of likely N-dealkylation sites (tertiary alicyclic amines) is 1. The summed E-state index contributed by atoms with van der Waals surface area (Å²) in [6, 6.07) is 39.4. The number of carbonyl (C=O) groups is 4. The molecular weight excluding hydrogens is 755 g/mol. The number of benzene rings is 5. The predicted molar refractivity (Wildman–Crippen MR) is 220 cm³/mol. The minimum atomic E-state index is -0.987. The second-order valence-corrected chi connectivity index (χ2v) is 15.5. The summed E-state index contributed by atoms with van der Waals surface area (Å²) in [7, 11) is 0. The molecule has 0 saturated carbocycles. The lowest BCUT2D eigenvalue weighted by atomic mass is 9.91. The van der Waals surface area contributed by atoms with Crippen LogP contribution >= 0.6 is 11.8 Å². The smallest absolute Gasteiger partial charge is 0.408 e. The molecule has 58 heavy (non-hydrogen) atoms. The molecule has 0 aliphatic carbocycles. The van der Waals surface area contributed by atoms with E-state index in [9.17, 15) is 24.3 Å². The molecule has 0 radical (unpaired) electrons. The average Bonchev–Trinajstić information content (AvgIpc) is 3.50. The van der Waals surface area contributed by atoms with Gasteiger partial charge in [0.05, 0.1) is 31.8 Å². The van der Waals surface area contributed by atoms with Gasteiger partial charge < -0.3 is 30.0 Å². The maximum Gasteiger partial charge on any atom is 0.408 e.